The molecule has 0 aromatic heterocycles. The van der Waals surface area contributed by atoms with E-state index in [2.05, 4.69) is 37.8 Å². The summed E-state index contributed by atoms with van der Waals surface area (Å²) in [5.41, 5.74) is 1.69. The molecular weight excluding hydrogens is 208 g/mol. The normalized spacial score (nSPS) is 28.2. The third-order valence-corrected chi connectivity index (χ3v) is 3.76. The van der Waals surface area contributed by atoms with Gasteiger partial charge in [-0.2, -0.15) is 0 Å². The van der Waals surface area contributed by atoms with E-state index in [1.54, 1.807) is 0 Å². The Labute approximate surface area is 104 Å². The zero-order valence-electron chi connectivity index (χ0n) is 10.7. The van der Waals surface area contributed by atoms with Gasteiger partial charge in [0.1, 0.15) is 0 Å². The van der Waals surface area contributed by atoms with Gasteiger partial charge in [-0.3, -0.25) is 0 Å². The zero-order valence-corrected chi connectivity index (χ0v) is 10.7. The molecule has 0 spiro atoms. The van der Waals surface area contributed by atoms with Gasteiger partial charge in [-0.1, -0.05) is 43.3 Å². The SMILES string of the molecule is C=CC[C@@]1(C)CC[C@H](OCc2ccccc2)C1. The monoisotopic (exact) mass is 230 g/mol. The molecule has 92 valence electrons. The number of benzene rings is 1. The first-order chi connectivity index (χ1) is 8.22. The van der Waals surface area contributed by atoms with Crippen molar-refractivity contribution in [2.75, 3.05) is 0 Å². The Kier molecular flexibility index (Phi) is 4.01. The fraction of sp³-hybridized carbons (Fsp3) is 0.500. The van der Waals surface area contributed by atoms with Crippen molar-refractivity contribution in [3.63, 3.8) is 0 Å². The molecule has 1 aromatic carbocycles. The first-order valence-corrected chi connectivity index (χ1v) is 6.48. The number of allylic oxidation sites excluding steroid dienone is 1. The summed E-state index contributed by atoms with van der Waals surface area (Å²) in [6.07, 6.45) is 7.21. The molecule has 0 aliphatic heterocycles. The molecule has 2 atom stereocenters. The van der Waals surface area contributed by atoms with Crippen molar-refractivity contribution >= 4 is 0 Å². The van der Waals surface area contributed by atoms with Crippen LogP contribution < -0.4 is 0 Å². The Balaban J connectivity index is 1.80. The molecule has 0 saturated heterocycles. The summed E-state index contributed by atoms with van der Waals surface area (Å²) in [6, 6.07) is 10.4. The van der Waals surface area contributed by atoms with Crippen LogP contribution in [0.4, 0.5) is 0 Å². The lowest BCUT2D eigenvalue weighted by atomic mass is 9.85. The largest absolute Gasteiger partial charge is 0.374 e. The molecule has 1 aromatic rings. The van der Waals surface area contributed by atoms with Crippen molar-refractivity contribution in [1.82, 2.24) is 0 Å². The molecule has 0 unspecified atom stereocenters. The molecular formula is C16H22O. The molecule has 0 bridgehead atoms. The topological polar surface area (TPSA) is 9.23 Å². The van der Waals surface area contributed by atoms with Crippen LogP contribution in [0.1, 0.15) is 38.2 Å². The van der Waals surface area contributed by atoms with Crippen molar-refractivity contribution in [2.45, 2.75) is 45.3 Å². The smallest absolute Gasteiger partial charge is 0.0720 e. The van der Waals surface area contributed by atoms with E-state index >= 15 is 0 Å². The van der Waals surface area contributed by atoms with Crippen LogP contribution in [0.15, 0.2) is 43.0 Å². The Morgan fingerprint density at radius 3 is 2.88 bits per heavy atom. The predicted octanol–water partition coefficient (Wildman–Crippen LogP) is 4.34. The summed E-state index contributed by atoms with van der Waals surface area (Å²) in [5.74, 6) is 0. The molecule has 1 nitrogen and oxygen atoms in total. The van der Waals surface area contributed by atoms with Crippen LogP contribution in [0.2, 0.25) is 0 Å². The summed E-state index contributed by atoms with van der Waals surface area (Å²) in [4.78, 5) is 0. The quantitative estimate of drug-likeness (QED) is 0.684. The maximum Gasteiger partial charge on any atom is 0.0720 e. The summed E-state index contributed by atoms with van der Waals surface area (Å²) in [6.45, 7) is 6.94. The van der Waals surface area contributed by atoms with Crippen LogP contribution in [-0.2, 0) is 11.3 Å². The molecule has 2 rings (SSSR count). The van der Waals surface area contributed by atoms with Crippen molar-refractivity contribution in [2.24, 2.45) is 5.41 Å². The average molecular weight is 230 g/mol. The minimum atomic E-state index is 0.420. The van der Waals surface area contributed by atoms with Gasteiger partial charge in [0.2, 0.25) is 0 Å². The van der Waals surface area contributed by atoms with Crippen molar-refractivity contribution in [3.8, 4) is 0 Å². The number of hydrogen-bond donors (Lipinski definition) is 0. The Morgan fingerprint density at radius 1 is 1.41 bits per heavy atom. The Bertz CT molecular complexity index is 357. The highest BCUT2D eigenvalue weighted by molar-refractivity contribution is 5.13. The molecule has 0 radical (unpaired) electrons. The summed E-state index contributed by atoms with van der Waals surface area (Å²) in [5, 5.41) is 0. The highest BCUT2D eigenvalue weighted by Crippen LogP contribution is 2.42. The molecule has 1 saturated carbocycles. The van der Waals surface area contributed by atoms with Crippen LogP contribution >= 0.6 is 0 Å². The highest BCUT2D eigenvalue weighted by Gasteiger charge is 2.34. The van der Waals surface area contributed by atoms with Gasteiger partial charge in [0.15, 0.2) is 0 Å². The van der Waals surface area contributed by atoms with E-state index in [1.807, 2.05) is 12.1 Å². The van der Waals surface area contributed by atoms with Crippen LogP contribution in [-0.4, -0.2) is 6.10 Å². The van der Waals surface area contributed by atoms with E-state index in [0.29, 0.717) is 11.5 Å². The van der Waals surface area contributed by atoms with Crippen molar-refractivity contribution in [3.05, 3.63) is 48.6 Å². The molecule has 0 heterocycles. The fourth-order valence-corrected chi connectivity index (χ4v) is 2.73. The standard InChI is InChI=1S/C16H22O/c1-3-10-16(2)11-9-15(12-16)17-13-14-7-5-4-6-8-14/h3-8,15H,1,9-13H2,2H3/t15-,16-/m0/s1. The van der Waals surface area contributed by atoms with Gasteiger partial charge in [0, 0.05) is 0 Å². The van der Waals surface area contributed by atoms with Crippen molar-refractivity contribution < 1.29 is 4.74 Å². The van der Waals surface area contributed by atoms with Crippen LogP contribution in [0.3, 0.4) is 0 Å². The van der Waals surface area contributed by atoms with Gasteiger partial charge in [-0.15, -0.1) is 6.58 Å². The minimum absolute atomic E-state index is 0.420. The lowest BCUT2D eigenvalue weighted by Gasteiger charge is -2.22. The summed E-state index contributed by atoms with van der Waals surface area (Å²) >= 11 is 0. The van der Waals surface area contributed by atoms with Crippen LogP contribution in [0.25, 0.3) is 0 Å². The lowest BCUT2D eigenvalue weighted by Crippen LogP contribution is -2.14. The van der Waals surface area contributed by atoms with Crippen molar-refractivity contribution in [1.29, 1.82) is 0 Å². The Hall–Kier alpha value is -1.08. The summed E-state index contributed by atoms with van der Waals surface area (Å²) < 4.78 is 6.00. The van der Waals surface area contributed by atoms with Crippen LogP contribution in [0.5, 0.6) is 0 Å². The average Bonchev–Trinajstić information content (AvgIpc) is 2.70. The second-order valence-corrected chi connectivity index (χ2v) is 5.46. The Morgan fingerprint density at radius 2 is 2.18 bits per heavy atom. The highest BCUT2D eigenvalue weighted by atomic mass is 16.5. The molecule has 1 aliphatic carbocycles. The lowest BCUT2D eigenvalue weighted by molar-refractivity contribution is 0.0381. The van der Waals surface area contributed by atoms with E-state index in [4.69, 9.17) is 4.74 Å². The van der Waals surface area contributed by atoms with Gasteiger partial charge in [0.05, 0.1) is 12.7 Å². The third kappa shape index (κ3) is 3.44. The van der Waals surface area contributed by atoms with Gasteiger partial charge in [0.25, 0.3) is 0 Å². The van der Waals surface area contributed by atoms with Crippen LogP contribution in [0, 0.1) is 5.41 Å². The first-order valence-electron chi connectivity index (χ1n) is 6.48. The van der Waals surface area contributed by atoms with Gasteiger partial charge >= 0.3 is 0 Å². The van der Waals surface area contributed by atoms with Gasteiger partial charge in [-0.25, -0.2) is 0 Å². The maximum atomic E-state index is 6.00. The second kappa shape index (κ2) is 5.50. The minimum Gasteiger partial charge on any atom is -0.374 e. The van der Waals surface area contributed by atoms with E-state index in [-0.39, 0.29) is 0 Å². The fourth-order valence-electron chi connectivity index (χ4n) is 2.73. The third-order valence-electron chi connectivity index (χ3n) is 3.76. The van der Waals surface area contributed by atoms with Gasteiger partial charge < -0.3 is 4.74 Å². The predicted molar refractivity (Wildman–Crippen MR) is 71.8 cm³/mol. The second-order valence-electron chi connectivity index (χ2n) is 5.46. The molecule has 0 amide bonds. The number of hydrogen-bond acceptors (Lipinski definition) is 1. The number of ether oxygens (including phenoxy) is 1. The molecule has 0 N–H and O–H groups in total. The molecule has 1 heteroatoms. The molecule has 17 heavy (non-hydrogen) atoms. The molecule has 1 fully saturated rings. The van der Waals surface area contributed by atoms with E-state index in [1.165, 1.54) is 24.8 Å². The maximum absolute atomic E-state index is 6.00. The molecule has 1 aliphatic rings. The zero-order chi connectivity index (χ0) is 12.1. The van der Waals surface area contributed by atoms with E-state index < -0.39 is 0 Å². The number of rotatable bonds is 5. The van der Waals surface area contributed by atoms with E-state index in [0.717, 1.165) is 13.0 Å². The first kappa shape index (κ1) is 12.4. The van der Waals surface area contributed by atoms with Gasteiger partial charge in [-0.05, 0) is 36.7 Å². The summed E-state index contributed by atoms with van der Waals surface area (Å²) in [7, 11) is 0. The van der Waals surface area contributed by atoms with E-state index in [9.17, 15) is 0 Å².